The minimum atomic E-state index is -3.23. The van der Waals surface area contributed by atoms with E-state index < -0.39 is 9.84 Å². The fourth-order valence-corrected chi connectivity index (χ4v) is 4.49. The zero-order valence-electron chi connectivity index (χ0n) is 14.2. The summed E-state index contributed by atoms with van der Waals surface area (Å²) < 4.78 is 23.9. The number of hydrogen-bond donors (Lipinski definition) is 1. The van der Waals surface area contributed by atoms with Crippen LogP contribution in [-0.2, 0) is 21.1 Å². The van der Waals surface area contributed by atoms with Crippen LogP contribution in [-0.4, -0.2) is 26.1 Å². The summed E-state index contributed by atoms with van der Waals surface area (Å²) in [5, 5.41) is 3.11. The number of benzene rings is 1. The summed E-state index contributed by atoms with van der Waals surface area (Å²) in [7, 11) is -3.23. The van der Waals surface area contributed by atoms with Gasteiger partial charge in [-0.3, -0.25) is 4.79 Å². The highest BCUT2D eigenvalue weighted by Crippen LogP contribution is 2.28. The van der Waals surface area contributed by atoms with Gasteiger partial charge >= 0.3 is 0 Å². The highest BCUT2D eigenvalue weighted by atomic mass is 32.2. The molecule has 1 aromatic carbocycles. The van der Waals surface area contributed by atoms with Crippen molar-refractivity contribution in [2.45, 2.75) is 57.4 Å². The molecule has 0 saturated heterocycles. The molecule has 0 aromatic heterocycles. The molecule has 1 saturated carbocycles. The van der Waals surface area contributed by atoms with Gasteiger partial charge in [-0.15, -0.1) is 0 Å². The predicted octanol–water partition coefficient (Wildman–Crippen LogP) is 2.96. The first kappa shape index (κ1) is 18.0. The third-order valence-electron chi connectivity index (χ3n) is 4.55. The fraction of sp³-hybridized carbons (Fsp3) is 0.611. The summed E-state index contributed by atoms with van der Waals surface area (Å²) in [5.41, 5.74) is 0.744. The Kier molecular flexibility index (Phi) is 5.84. The molecule has 128 valence electrons. The normalized spacial score (nSPS) is 25.1. The summed E-state index contributed by atoms with van der Waals surface area (Å²) in [6.45, 7) is 6.09. The molecular weight excluding hydrogens is 310 g/mol. The van der Waals surface area contributed by atoms with Gasteiger partial charge in [0.15, 0.2) is 9.84 Å². The van der Waals surface area contributed by atoms with Crippen LogP contribution >= 0.6 is 0 Å². The number of sulfone groups is 1. The highest BCUT2D eigenvalue weighted by molar-refractivity contribution is 7.91. The second-order valence-corrected chi connectivity index (χ2v) is 9.19. The Hall–Kier alpha value is -1.36. The quantitative estimate of drug-likeness (QED) is 0.898. The molecule has 1 aliphatic carbocycles. The lowest BCUT2D eigenvalue weighted by Crippen LogP contribution is -2.40. The summed E-state index contributed by atoms with van der Waals surface area (Å²) in [6.07, 6.45) is 3.51. The molecule has 2 rings (SSSR count). The van der Waals surface area contributed by atoms with Crippen LogP contribution in [0.1, 0.15) is 45.6 Å². The lowest BCUT2D eigenvalue weighted by atomic mass is 9.80. The fourth-order valence-electron chi connectivity index (χ4n) is 3.54. The molecular formula is C18H27NO3S. The van der Waals surface area contributed by atoms with Crippen LogP contribution in [0, 0.1) is 11.8 Å². The minimum absolute atomic E-state index is 0.0256. The van der Waals surface area contributed by atoms with Crippen LogP contribution < -0.4 is 5.32 Å². The van der Waals surface area contributed by atoms with Crippen LogP contribution in [0.2, 0.25) is 0 Å². The average Bonchev–Trinajstić information content (AvgIpc) is 2.46. The third-order valence-corrected chi connectivity index (χ3v) is 6.28. The standard InChI is InChI=1S/C18H27NO3S/c1-4-23(21,22)17-7-5-6-15(11-17)12-18(20)19-16-9-13(2)8-14(3)10-16/h5-7,11,13-14,16H,4,8-10,12H2,1-3H3,(H,19,20). The van der Waals surface area contributed by atoms with Crippen molar-refractivity contribution in [3.63, 3.8) is 0 Å². The monoisotopic (exact) mass is 337 g/mol. The number of nitrogens with one attached hydrogen (secondary N) is 1. The summed E-state index contributed by atoms with van der Waals surface area (Å²) >= 11 is 0. The van der Waals surface area contributed by atoms with Crippen LogP contribution in [0.3, 0.4) is 0 Å². The van der Waals surface area contributed by atoms with E-state index in [2.05, 4.69) is 19.2 Å². The first-order valence-electron chi connectivity index (χ1n) is 8.41. The van der Waals surface area contributed by atoms with Crippen molar-refractivity contribution < 1.29 is 13.2 Å². The first-order chi connectivity index (χ1) is 10.8. The molecule has 4 nitrogen and oxygen atoms in total. The molecule has 1 N–H and O–H groups in total. The molecule has 1 aromatic rings. The van der Waals surface area contributed by atoms with Crippen molar-refractivity contribution in [3.05, 3.63) is 29.8 Å². The zero-order chi connectivity index (χ0) is 17.0. The Morgan fingerprint density at radius 2 is 1.83 bits per heavy atom. The van der Waals surface area contributed by atoms with E-state index in [-0.39, 0.29) is 24.1 Å². The third kappa shape index (κ3) is 5.06. The Balaban J connectivity index is 1.99. The van der Waals surface area contributed by atoms with Gasteiger partial charge in [0.2, 0.25) is 5.91 Å². The Morgan fingerprint density at radius 3 is 2.43 bits per heavy atom. The van der Waals surface area contributed by atoms with Crippen LogP contribution in [0.5, 0.6) is 0 Å². The Labute approximate surface area is 139 Å². The van der Waals surface area contributed by atoms with E-state index in [0.29, 0.717) is 16.7 Å². The SMILES string of the molecule is CCS(=O)(=O)c1cccc(CC(=O)NC2CC(C)CC(C)C2)c1. The molecule has 2 unspecified atom stereocenters. The number of carbonyl (C=O) groups excluding carboxylic acids is 1. The van der Waals surface area contributed by atoms with E-state index in [0.717, 1.165) is 18.4 Å². The molecule has 0 spiro atoms. The number of amides is 1. The first-order valence-corrected chi connectivity index (χ1v) is 10.1. The van der Waals surface area contributed by atoms with Crippen LogP contribution in [0.15, 0.2) is 29.2 Å². The molecule has 23 heavy (non-hydrogen) atoms. The zero-order valence-corrected chi connectivity index (χ0v) is 15.0. The van der Waals surface area contributed by atoms with Crippen molar-refractivity contribution in [2.75, 3.05) is 5.75 Å². The largest absolute Gasteiger partial charge is 0.353 e. The highest BCUT2D eigenvalue weighted by Gasteiger charge is 2.25. The van der Waals surface area contributed by atoms with E-state index in [1.54, 1.807) is 31.2 Å². The van der Waals surface area contributed by atoms with E-state index in [4.69, 9.17) is 0 Å². The van der Waals surface area contributed by atoms with Crippen molar-refractivity contribution in [1.29, 1.82) is 0 Å². The van der Waals surface area contributed by atoms with Gasteiger partial charge in [0.25, 0.3) is 0 Å². The van der Waals surface area contributed by atoms with Gasteiger partial charge in [0, 0.05) is 6.04 Å². The second-order valence-electron chi connectivity index (χ2n) is 6.91. The van der Waals surface area contributed by atoms with E-state index in [1.807, 2.05) is 0 Å². The van der Waals surface area contributed by atoms with Gasteiger partial charge < -0.3 is 5.32 Å². The molecule has 0 bridgehead atoms. The summed E-state index contributed by atoms with van der Waals surface area (Å²) in [6, 6.07) is 6.95. The lowest BCUT2D eigenvalue weighted by Gasteiger charge is -2.32. The van der Waals surface area contributed by atoms with Crippen LogP contribution in [0.25, 0.3) is 0 Å². The summed E-state index contributed by atoms with van der Waals surface area (Å²) in [5.74, 6) is 1.33. The van der Waals surface area contributed by atoms with Gasteiger partial charge in [-0.1, -0.05) is 32.9 Å². The van der Waals surface area contributed by atoms with E-state index in [9.17, 15) is 13.2 Å². The van der Waals surface area contributed by atoms with Crippen LogP contribution in [0.4, 0.5) is 0 Å². The second kappa shape index (κ2) is 7.47. The molecule has 0 aliphatic heterocycles. The number of rotatable bonds is 5. The van der Waals surface area contributed by atoms with Crippen molar-refractivity contribution in [1.82, 2.24) is 5.32 Å². The lowest BCUT2D eigenvalue weighted by molar-refractivity contribution is -0.121. The Morgan fingerprint density at radius 1 is 1.17 bits per heavy atom. The molecule has 1 aliphatic rings. The van der Waals surface area contributed by atoms with Gasteiger partial charge in [0.1, 0.15) is 0 Å². The Bertz CT molecular complexity index is 644. The topological polar surface area (TPSA) is 63.2 Å². The van der Waals surface area contributed by atoms with Gasteiger partial charge in [-0.2, -0.15) is 0 Å². The summed E-state index contributed by atoms with van der Waals surface area (Å²) in [4.78, 5) is 12.6. The van der Waals surface area contributed by atoms with Gasteiger partial charge in [0.05, 0.1) is 17.1 Å². The van der Waals surface area contributed by atoms with Crippen molar-refractivity contribution in [2.24, 2.45) is 11.8 Å². The van der Waals surface area contributed by atoms with E-state index in [1.165, 1.54) is 6.42 Å². The maximum Gasteiger partial charge on any atom is 0.224 e. The molecule has 0 radical (unpaired) electrons. The van der Waals surface area contributed by atoms with Gasteiger partial charge in [-0.05, 0) is 48.8 Å². The maximum absolute atomic E-state index is 12.3. The predicted molar refractivity (Wildman–Crippen MR) is 92.0 cm³/mol. The maximum atomic E-state index is 12.3. The molecule has 1 fully saturated rings. The number of hydrogen-bond acceptors (Lipinski definition) is 3. The average molecular weight is 337 g/mol. The molecule has 2 atom stereocenters. The molecule has 5 heteroatoms. The number of carbonyl (C=O) groups is 1. The smallest absolute Gasteiger partial charge is 0.224 e. The van der Waals surface area contributed by atoms with Crippen molar-refractivity contribution in [3.8, 4) is 0 Å². The molecule has 0 heterocycles. The minimum Gasteiger partial charge on any atom is -0.353 e. The van der Waals surface area contributed by atoms with E-state index >= 15 is 0 Å². The van der Waals surface area contributed by atoms with Crippen molar-refractivity contribution >= 4 is 15.7 Å². The van der Waals surface area contributed by atoms with Gasteiger partial charge in [-0.25, -0.2) is 8.42 Å². The molecule has 1 amide bonds.